The normalized spacial score (nSPS) is 42.2. The summed E-state index contributed by atoms with van der Waals surface area (Å²) in [4.78, 5) is 2.87. The molecule has 2 aliphatic heterocycles. The lowest BCUT2D eigenvalue weighted by molar-refractivity contribution is -0.141. The third-order valence-electron chi connectivity index (χ3n) is 7.31. The van der Waals surface area contributed by atoms with Crippen molar-refractivity contribution in [2.45, 2.75) is 89.7 Å². The van der Waals surface area contributed by atoms with E-state index < -0.39 is 0 Å². The second-order valence-corrected chi connectivity index (χ2v) is 9.64. The molecule has 0 bridgehead atoms. The number of fused-ring (bicyclic) bond motifs is 1. The highest BCUT2D eigenvalue weighted by Gasteiger charge is 2.57. The average Bonchev–Trinajstić information content (AvgIpc) is 2.68. The molecular weight excluding hydrogens is 269 g/mol. The molecule has 126 valence electrons. The van der Waals surface area contributed by atoms with Crippen LogP contribution in [-0.2, 0) is 4.74 Å². The Morgan fingerprint density at radius 1 is 1.14 bits per heavy atom. The number of hydrogen-bond acceptors (Lipinski definition) is 2. The van der Waals surface area contributed by atoms with Gasteiger partial charge in [0, 0.05) is 12.1 Å². The van der Waals surface area contributed by atoms with Gasteiger partial charge in [-0.05, 0) is 50.9 Å². The van der Waals surface area contributed by atoms with Crippen molar-refractivity contribution < 1.29 is 4.74 Å². The fourth-order valence-electron chi connectivity index (χ4n) is 5.96. The highest BCUT2D eigenvalue weighted by Crippen LogP contribution is 2.53. The van der Waals surface area contributed by atoms with Crippen LogP contribution in [0.25, 0.3) is 0 Å². The standard InChI is InChI=1S/C19H36BNO/c1-13(2)19(20)7-6-17-16(8-15(5)9-19)10-18(11-22-12-18)21(17)14(3)4/h13-17H,6-12,20H2,1-5H3. The van der Waals surface area contributed by atoms with Crippen LogP contribution in [-0.4, -0.2) is 43.6 Å². The zero-order valence-corrected chi connectivity index (χ0v) is 15.7. The third kappa shape index (κ3) is 2.67. The van der Waals surface area contributed by atoms with Crippen LogP contribution >= 0.6 is 0 Å². The molecule has 1 spiro atoms. The molecule has 2 nitrogen and oxygen atoms in total. The van der Waals surface area contributed by atoms with Crippen LogP contribution in [0.15, 0.2) is 0 Å². The predicted molar refractivity (Wildman–Crippen MR) is 96.1 cm³/mol. The fraction of sp³-hybridized carbons (Fsp3) is 1.00. The minimum absolute atomic E-state index is 0.391. The predicted octanol–water partition coefficient (Wildman–Crippen LogP) is 3.51. The summed E-state index contributed by atoms with van der Waals surface area (Å²) in [6.45, 7) is 14.1. The number of nitrogens with zero attached hydrogens (tertiary/aromatic N) is 1. The summed E-state index contributed by atoms with van der Waals surface area (Å²) in [7, 11) is 2.55. The summed E-state index contributed by atoms with van der Waals surface area (Å²) in [6, 6.07) is 1.45. The second kappa shape index (κ2) is 5.81. The molecule has 2 heterocycles. The molecule has 3 fully saturated rings. The van der Waals surface area contributed by atoms with Crippen molar-refractivity contribution in [1.29, 1.82) is 0 Å². The molecule has 22 heavy (non-hydrogen) atoms. The van der Waals surface area contributed by atoms with Gasteiger partial charge in [0.05, 0.1) is 18.8 Å². The van der Waals surface area contributed by atoms with Gasteiger partial charge in [0.25, 0.3) is 0 Å². The van der Waals surface area contributed by atoms with Crippen molar-refractivity contribution in [3.63, 3.8) is 0 Å². The summed E-state index contributed by atoms with van der Waals surface area (Å²) in [5.74, 6) is 2.56. The van der Waals surface area contributed by atoms with Crippen LogP contribution in [0, 0.1) is 17.8 Å². The Bertz CT molecular complexity index is 406. The number of ether oxygens (including phenoxy) is 1. The maximum atomic E-state index is 5.67. The first kappa shape index (κ1) is 16.8. The summed E-state index contributed by atoms with van der Waals surface area (Å²) in [5, 5.41) is 0.527. The van der Waals surface area contributed by atoms with E-state index in [2.05, 4.69) is 47.4 Å². The van der Waals surface area contributed by atoms with Gasteiger partial charge in [-0.15, -0.1) is 0 Å². The molecule has 0 aromatic carbocycles. The molecule has 1 saturated carbocycles. The van der Waals surface area contributed by atoms with Gasteiger partial charge >= 0.3 is 0 Å². The zero-order chi connectivity index (χ0) is 16.1. The van der Waals surface area contributed by atoms with E-state index in [0.717, 1.165) is 37.0 Å². The maximum Gasteiger partial charge on any atom is 0.109 e. The van der Waals surface area contributed by atoms with Crippen molar-refractivity contribution in [3.05, 3.63) is 0 Å². The molecule has 3 rings (SSSR count). The van der Waals surface area contributed by atoms with E-state index in [4.69, 9.17) is 4.74 Å². The minimum Gasteiger partial charge on any atom is -0.377 e. The van der Waals surface area contributed by atoms with Crippen molar-refractivity contribution >= 4 is 7.85 Å². The van der Waals surface area contributed by atoms with E-state index in [-0.39, 0.29) is 0 Å². The van der Waals surface area contributed by atoms with Crippen molar-refractivity contribution in [3.8, 4) is 0 Å². The van der Waals surface area contributed by atoms with Crippen LogP contribution in [0.3, 0.4) is 0 Å². The lowest BCUT2D eigenvalue weighted by Gasteiger charge is -2.50. The number of hydrogen-bond donors (Lipinski definition) is 0. The van der Waals surface area contributed by atoms with Crippen molar-refractivity contribution in [2.24, 2.45) is 17.8 Å². The lowest BCUT2D eigenvalue weighted by Crippen LogP contribution is -2.62. The first-order valence-electron chi connectivity index (χ1n) is 9.64. The quantitative estimate of drug-likeness (QED) is 0.724. The monoisotopic (exact) mass is 305 g/mol. The first-order valence-corrected chi connectivity index (χ1v) is 9.64. The number of likely N-dealkylation sites (tertiary alicyclic amines) is 1. The molecule has 3 heteroatoms. The van der Waals surface area contributed by atoms with Gasteiger partial charge in [-0.25, -0.2) is 0 Å². The zero-order valence-electron chi connectivity index (χ0n) is 15.7. The topological polar surface area (TPSA) is 12.5 Å². The van der Waals surface area contributed by atoms with Gasteiger partial charge in [0.15, 0.2) is 0 Å². The molecule has 4 atom stereocenters. The minimum atomic E-state index is 0.391. The van der Waals surface area contributed by atoms with Gasteiger partial charge in [0.2, 0.25) is 0 Å². The summed E-state index contributed by atoms with van der Waals surface area (Å²) < 4.78 is 5.67. The van der Waals surface area contributed by atoms with Gasteiger partial charge in [0.1, 0.15) is 7.85 Å². The summed E-state index contributed by atoms with van der Waals surface area (Å²) in [6.07, 6.45) is 7.03. The highest BCUT2D eigenvalue weighted by atomic mass is 16.5. The smallest absolute Gasteiger partial charge is 0.109 e. The lowest BCUT2D eigenvalue weighted by atomic mass is 9.53. The largest absolute Gasteiger partial charge is 0.377 e. The number of rotatable bonds is 2. The molecule has 0 N–H and O–H groups in total. The van der Waals surface area contributed by atoms with Crippen molar-refractivity contribution in [1.82, 2.24) is 4.90 Å². The van der Waals surface area contributed by atoms with E-state index in [1.807, 2.05) is 0 Å². The van der Waals surface area contributed by atoms with Crippen LogP contribution in [0.4, 0.5) is 0 Å². The van der Waals surface area contributed by atoms with E-state index in [1.165, 1.54) is 32.1 Å². The van der Waals surface area contributed by atoms with E-state index in [0.29, 0.717) is 16.9 Å². The first-order chi connectivity index (χ1) is 10.3. The van der Waals surface area contributed by atoms with E-state index in [9.17, 15) is 0 Å². The molecule has 0 aromatic heterocycles. The Labute approximate surface area is 138 Å². The SMILES string of the molecule is BC1(C(C)C)CCC2C(CC(C)C1)CC1(COC1)N2C(C)C. The summed E-state index contributed by atoms with van der Waals surface area (Å²) >= 11 is 0. The van der Waals surface area contributed by atoms with Crippen LogP contribution in [0.5, 0.6) is 0 Å². The summed E-state index contributed by atoms with van der Waals surface area (Å²) in [5.41, 5.74) is 0.391. The van der Waals surface area contributed by atoms with Gasteiger partial charge in [-0.1, -0.05) is 38.9 Å². The molecule has 1 aliphatic carbocycles. The van der Waals surface area contributed by atoms with Crippen LogP contribution in [0.2, 0.25) is 5.31 Å². The molecule has 0 radical (unpaired) electrons. The van der Waals surface area contributed by atoms with Crippen LogP contribution in [0.1, 0.15) is 66.7 Å². The Morgan fingerprint density at radius 2 is 1.82 bits per heavy atom. The molecule has 2 saturated heterocycles. The van der Waals surface area contributed by atoms with Crippen molar-refractivity contribution in [2.75, 3.05) is 13.2 Å². The van der Waals surface area contributed by atoms with Gasteiger partial charge in [-0.3, -0.25) is 4.90 Å². The fourth-order valence-corrected chi connectivity index (χ4v) is 5.96. The Morgan fingerprint density at radius 3 is 2.32 bits per heavy atom. The van der Waals surface area contributed by atoms with Gasteiger partial charge in [-0.2, -0.15) is 0 Å². The Kier molecular flexibility index (Phi) is 4.44. The molecular formula is C19H36BNO. The Hall–Kier alpha value is -0.0151. The van der Waals surface area contributed by atoms with E-state index >= 15 is 0 Å². The maximum absolute atomic E-state index is 5.67. The Balaban J connectivity index is 1.84. The van der Waals surface area contributed by atoms with Gasteiger partial charge < -0.3 is 4.74 Å². The molecule has 3 aliphatic rings. The third-order valence-corrected chi connectivity index (χ3v) is 7.31. The highest BCUT2D eigenvalue weighted by molar-refractivity contribution is 6.15. The second-order valence-electron chi connectivity index (χ2n) is 9.64. The molecule has 0 amide bonds. The molecule has 0 aromatic rings. The van der Waals surface area contributed by atoms with Crippen LogP contribution < -0.4 is 0 Å². The molecule has 4 unspecified atom stereocenters. The van der Waals surface area contributed by atoms with E-state index in [1.54, 1.807) is 0 Å². The average molecular weight is 305 g/mol.